The molecule has 0 saturated carbocycles. The van der Waals surface area contributed by atoms with E-state index in [4.69, 9.17) is 11.1 Å². The van der Waals surface area contributed by atoms with Gasteiger partial charge in [0.25, 0.3) is 0 Å². The summed E-state index contributed by atoms with van der Waals surface area (Å²) in [6, 6.07) is 0. The highest BCUT2D eigenvalue weighted by atomic mass is 15.2. The maximum atomic E-state index is 7.64. The van der Waals surface area contributed by atoms with Crippen LogP contribution < -0.4 is 5.73 Å². The topological polar surface area (TPSA) is 70.9 Å². The normalized spacial score (nSPS) is 19.9. The van der Waals surface area contributed by atoms with Crippen molar-refractivity contribution in [3.05, 3.63) is 18.2 Å². The van der Waals surface area contributed by atoms with Gasteiger partial charge in [-0.1, -0.05) is 6.92 Å². The first-order valence-electron chi connectivity index (χ1n) is 6.56. The molecule has 1 aromatic heterocycles. The zero-order valence-electron chi connectivity index (χ0n) is 11.3. The van der Waals surface area contributed by atoms with Crippen LogP contribution in [0, 0.1) is 17.7 Å². The number of hydrogen-bond acceptors (Lipinski definition) is 3. The molecule has 0 radical (unpaired) electrons. The van der Waals surface area contributed by atoms with Gasteiger partial charge in [0.15, 0.2) is 0 Å². The molecule has 1 aromatic rings. The number of nitrogens with one attached hydrogen (secondary N) is 1. The van der Waals surface area contributed by atoms with Crippen LogP contribution in [0.15, 0.2) is 12.4 Å². The fraction of sp³-hybridized carbons (Fsp3) is 0.692. The second-order valence-electron chi connectivity index (χ2n) is 5.48. The zero-order valence-corrected chi connectivity index (χ0v) is 11.3. The minimum Gasteiger partial charge on any atom is -0.387 e. The van der Waals surface area contributed by atoms with Crippen molar-refractivity contribution in [2.24, 2.45) is 11.1 Å². The molecule has 0 amide bonds. The van der Waals surface area contributed by atoms with Crippen molar-refractivity contribution in [2.45, 2.75) is 33.2 Å². The molecule has 0 aromatic carbocycles. The summed E-state index contributed by atoms with van der Waals surface area (Å²) in [5.41, 5.74) is 5.59. The molecule has 0 atom stereocenters. The van der Waals surface area contributed by atoms with Gasteiger partial charge in [0.1, 0.15) is 5.82 Å². The molecule has 2 heterocycles. The largest absolute Gasteiger partial charge is 0.387 e. The highest BCUT2D eigenvalue weighted by Crippen LogP contribution is 2.30. The van der Waals surface area contributed by atoms with Crippen molar-refractivity contribution >= 4 is 5.84 Å². The molecule has 1 fully saturated rings. The predicted octanol–water partition coefficient (Wildman–Crippen LogP) is 1.23. The quantitative estimate of drug-likeness (QED) is 0.623. The van der Waals surface area contributed by atoms with E-state index in [1.165, 1.54) is 0 Å². The number of aromatic nitrogens is 2. The smallest absolute Gasteiger partial charge is 0.105 e. The second kappa shape index (κ2) is 5.10. The molecule has 100 valence electrons. The number of imidazole rings is 1. The van der Waals surface area contributed by atoms with Crippen molar-refractivity contribution in [1.82, 2.24) is 14.5 Å². The van der Waals surface area contributed by atoms with Crippen molar-refractivity contribution in [1.29, 1.82) is 5.41 Å². The molecule has 5 nitrogen and oxygen atoms in total. The third kappa shape index (κ3) is 2.72. The number of hydrogen-bond donors (Lipinski definition) is 2. The van der Waals surface area contributed by atoms with Crippen molar-refractivity contribution in [3.63, 3.8) is 0 Å². The molecule has 5 heteroatoms. The molecule has 0 bridgehead atoms. The first-order valence-corrected chi connectivity index (χ1v) is 6.56. The summed E-state index contributed by atoms with van der Waals surface area (Å²) in [7, 11) is 0. The molecule has 18 heavy (non-hydrogen) atoms. The van der Waals surface area contributed by atoms with E-state index in [0.29, 0.717) is 5.84 Å². The Kier molecular flexibility index (Phi) is 3.71. The Labute approximate surface area is 108 Å². The van der Waals surface area contributed by atoms with Crippen LogP contribution in [0.5, 0.6) is 0 Å². The Balaban J connectivity index is 1.81. The molecule has 1 aliphatic rings. The Morgan fingerprint density at radius 3 is 2.61 bits per heavy atom. The number of amidine groups is 1. The van der Waals surface area contributed by atoms with Crippen LogP contribution >= 0.6 is 0 Å². The van der Waals surface area contributed by atoms with Crippen molar-refractivity contribution in [3.8, 4) is 0 Å². The molecular weight excluding hydrogens is 226 g/mol. The van der Waals surface area contributed by atoms with E-state index in [9.17, 15) is 0 Å². The van der Waals surface area contributed by atoms with Crippen molar-refractivity contribution in [2.75, 3.05) is 19.6 Å². The van der Waals surface area contributed by atoms with E-state index in [0.717, 1.165) is 44.8 Å². The number of nitrogens with zero attached hydrogens (tertiary/aromatic N) is 3. The van der Waals surface area contributed by atoms with Gasteiger partial charge in [0, 0.05) is 30.9 Å². The van der Waals surface area contributed by atoms with Gasteiger partial charge >= 0.3 is 0 Å². The summed E-state index contributed by atoms with van der Waals surface area (Å²) in [5, 5.41) is 7.64. The third-order valence-electron chi connectivity index (χ3n) is 4.19. The fourth-order valence-corrected chi connectivity index (χ4v) is 2.43. The van der Waals surface area contributed by atoms with Gasteiger partial charge in [-0.05, 0) is 32.9 Å². The van der Waals surface area contributed by atoms with Gasteiger partial charge < -0.3 is 15.2 Å². The summed E-state index contributed by atoms with van der Waals surface area (Å²) in [5.74, 6) is 1.41. The highest BCUT2D eigenvalue weighted by molar-refractivity contribution is 5.83. The van der Waals surface area contributed by atoms with E-state index in [-0.39, 0.29) is 5.41 Å². The van der Waals surface area contributed by atoms with Gasteiger partial charge in [-0.25, -0.2) is 4.98 Å². The lowest BCUT2D eigenvalue weighted by atomic mass is 9.79. The maximum Gasteiger partial charge on any atom is 0.105 e. The molecule has 2 rings (SSSR count). The summed E-state index contributed by atoms with van der Waals surface area (Å²) in [6.07, 6.45) is 5.85. The van der Waals surface area contributed by atoms with E-state index in [2.05, 4.69) is 21.4 Å². The molecule has 1 saturated heterocycles. The van der Waals surface area contributed by atoms with Gasteiger partial charge in [-0.3, -0.25) is 5.41 Å². The summed E-state index contributed by atoms with van der Waals surface area (Å²) in [4.78, 5) is 6.67. The van der Waals surface area contributed by atoms with Crippen LogP contribution in [0.25, 0.3) is 0 Å². The minimum atomic E-state index is -0.0819. The Morgan fingerprint density at radius 1 is 1.44 bits per heavy atom. The SMILES string of the molecule is Cc1nccn1CCN1CCC(C)(C(=N)N)CC1. The monoisotopic (exact) mass is 249 g/mol. The number of rotatable bonds is 4. The summed E-state index contributed by atoms with van der Waals surface area (Å²) >= 11 is 0. The molecule has 0 unspecified atom stereocenters. The average molecular weight is 249 g/mol. The van der Waals surface area contributed by atoms with Crippen molar-refractivity contribution < 1.29 is 0 Å². The minimum absolute atomic E-state index is 0.0819. The number of piperidine rings is 1. The summed E-state index contributed by atoms with van der Waals surface area (Å²) in [6.45, 7) is 8.23. The molecule has 1 aliphatic heterocycles. The first kappa shape index (κ1) is 13.1. The first-order chi connectivity index (χ1) is 8.51. The van der Waals surface area contributed by atoms with Crippen LogP contribution in [0.4, 0.5) is 0 Å². The van der Waals surface area contributed by atoms with Crippen LogP contribution in [0.2, 0.25) is 0 Å². The number of aryl methyl sites for hydroxylation is 1. The molecular formula is C13H23N5. The second-order valence-corrected chi connectivity index (χ2v) is 5.48. The van der Waals surface area contributed by atoms with E-state index in [1.807, 2.05) is 19.3 Å². The molecule has 0 aliphatic carbocycles. The lowest BCUT2D eigenvalue weighted by molar-refractivity contribution is 0.157. The van der Waals surface area contributed by atoms with Gasteiger partial charge in [-0.2, -0.15) is 0 Å². The van der Waals surface area contributed by atoms with Crippen LogP contribution in [-0.4, -0.2) is 39.9 Å². The Morgan fingerprint density at radius 2 is 2.11 bits per heavy atom. The van der Waals surface area contributed by atoms with Gasteiger partial charge in [0.05, 0.1) is 5.84 Å². The molecule has 0 spiro atoms. The maximum absolute atomic E-state index is 7.64. The third-order valence-corrected chi connectivity index (χ3v) is 4.19. The lowest BCUT2D eigenvalue weighted by Crippen LogP contribution is -2.45. The number of likely N-dealkylation sites (tertiary alicyclic amines) is 1. The van der Waals surface area contributed by atoms with E-state index < -0.39 is 0 Å². The Bertz CT molecular complexity index is 415. The Hall–Kier alpha value is -1.36. The fourth-order valence-electron chi connectivity index (χ4n) is 2.43. The number of nitrogens with two attached hydrogens (primary N) is 1. The van der Waals surface area contributed by atoms with E-state index >= 15 is 0 Å². The van der Waals surface area contributed by atoms with Crippen LogP contribution in [0.3, 0.4) is 0 Å². The standard InChI is InChI=1S/C13H23N5/c1-11-16-5-8-18(11)10-9-17-6-3-13(2,4-7-17)12(14)15/h5,8H,3-4,6-7,9-10H2,1-2H3,(H3,14,15). The predicted molar refractivity (Wildman–Crippen MR) is 72.7 cm³/mol. The zero-order chi connectivity index (χ0) is 13.2. The van der Waals surface area contributed by atoms with Crippen LogP contribution in [0.1, 0.15) is 25.6 Å². The van der Waals surface area contributed by atoms with Gasteiger partial charge in [0.2, 0.25) is 0 Å². The lowest BCUT2D eigenvalue weighted by Gasteiger charge is -2.38. The summed E-state index contributed by atoms with van der Waals surface area (Å²) < 4.78 is 2.18. The average Bonchev–Trinajstić information content (AvgIpc) is 2.74. The van der Waals surface area contributed by atoms with E-state index in [1.54, 1.807) is 0 Å². The highest BCUT2D eigenvalue weighted by Gasteiger charge is 2.32. The van der Waals surface area contributed by atoms with Crippen LogP contribution in [-0.2, 0) is 6.54 Å². The molecule has 3 N–H and O–H groups in total. The van der Waals surface area contributed by atoms with Gasteiger partial charge in [-0.15, -0.1) is 0 Å².